The van der Waals surface area contributed by atoms with Crippen LogP contribution in [0.2, 0.25) is 0 Å². The number of rotatable bonds is 1. The highest BCUT2D eigenvalue weighted by Gasteiger charge is 2.31. The molecule has 2 rings (SSSR count). The molecule has 0 spiro atoms. The van der Waals surface area contributed by atoms with Gasteiger partial charge in [-0.05, 0) is 40.5 Å². The number of anilines is 1. The lowest BCUT2D eigenvalue weighted by Gasteiger charge is -2.20. The first-order chi connectivity index (χ1) is 7.88. The summed E-state index contributed by atoms with van der Waals surface area (Å²) < 4.78 is 38.0. The molecule has 1 aromatic rings. The smallest absolute Gasteiger partial charge is 0.369 e. The van der Waals surface area contributed by atoms with Crippen LogP contribution >= 0.6 is 31.9 Å². The van der Waals surface area contributed by atoms with Gasteiger partial charge in [-0.3, -0.25) is 0 Å². The predicted molar refractivity (Wildman–Crippen MR) is 68.7 cm³/mol. The van der Waals surface area contributed by atoms with Crippen LogP contribution in [-0.2, 0) is 6.18 Å². The summed E-state index contributed by atoms with van der Waals surface area (Å²) in [5, 5.41) is 0. The third kappa shape index (κ3) is 2.96. The Morgan fingerprint density at radius 3 is 2.47 bits per heavy atom. The molecule has 0 amide bonds. The molecule has 1 fully saturated rings. The maximum atomic E-state index is 12.5. The first-order valence-electron chi connectivity index (χ1n) is 5.13. The Kier molecular flexibility index (Phi) is 3.73. The van der Waals surface area contributed by atoms with Crippen molar-refractivity contribution in [2.24, 2.45) is 0 Å². The van der Waals surface area contributed by atoms with Crippen LogP contribution in [0.1, 0.15) is 12.0 Å². The van der Waals surface area contributed by atoms with E-state index in [0.29, 0.717) is 9.30 Å². The van der Waals surface area contributed by atoms with Gasteiger partial charge in [0.2, 0.25) is 0 Å². The van der Waals surface area contributed by atoms with E-state index in [4.69, 9.17) is 0 Å². The van der Waals surface area contributed by atoms with Gasteiger partial charge in [-0.15, -0.1) is 0 Å². The van der Waals surface area contributed by atoms with Gasteiger partial charge in [-0.2, -0.15) is 13.2 Å². The van der Waals surface area contributed by atoms with Crippen LogP contribution in [0.15, 0.2) is 22.7 Å². The summed E-state index contributed by atoms with van der Waals surface area (Å²) >= 11 is 6.72. The van der Waals surface area contributed by atoms with E-state index in [1.54, 1.807) is 0 Å². The third-order valence-corrected chi connectivity index (χ3v) is 4.13. The highest BCUT2D eigenvalue weighted by Crippen LogP contribution is 2.36. The minimum Gasteiger partial charge on any atom is -0.369 e. The van der Waals surface area contributed by atoms with E-state index in [1.165, 1.54) is 6.07 Å². The highest BCUT2D eigenvalue weighted by atomic mass is 79.9. The highest BCUT2D eigenvalue weighted by molar-refractivity contribution is 9.10. The molecule has 1 heterocycles. The molecule has 17 heavy (non-hydrogen) atoms. The van der Waals surface area contributed by atoms with E-state index >= 15 is 0 Å². The van der Waals surface area contributed by atoms with E-state index < -0.39 is 11.7 Å². The molecule has 1 aliphatic rings. The Balaban J connectivity index is 2.26. The van der Waals surface area contributed by atoms with Gasteiger partial charge >= 0.3 is 6.18 Å². The Bertz CT molecular complexity index is 420. The summed E-state index contributed by atoms with van der Waals surface area (Å²) in [7, 11) is 0. The molecule has 1 nitrogen and oxygen atoms in total. The Morgan fingerprint density at radius 2 is 2.00 bits per heavy atom. The van der Waals surface area contributed by atoms with Crippen LogP contribution in [0, 0.1) is 0 Å². The van der Waals surface area contributed by atoms with Crippen molar-refractivity contribution in [3.63, 3.8) is 0 Å². The van der Waals surface area contributed by atoms with E-state index in [-0.39, 0.29) is 0 Å². The van der Waals surface area contributed by atoms with Gasteiger partial charge in [0.05, 0.1) is 11.3 Å². The van der Waals surface area contributed by atoms with E-state index in [9.17, 15) is 13.2 Å². The number of halogens is 5. The molecule has 0 bridgehead atoms. The lowest BCUT2D eigenvalue weighted by molar-refractivity contribution is -0.137. The van der Waals surface area contributed by atoms with Gasteiger partial charge in [0.15, 0.2) is 0 Å². The zero-order chi connectivity index (χ0) is 12.6. The second-order valence-electron chi connectivity index (χ2n) is 4.00. The van der Waals surface area contributed by atoms with Crippen molar-refractivity contribution in [1.82, 2.24) is 0 Å². The zero-order valence-electron chi connectivity index (χ0n) is 8.77. The number of nitrogens with zero attached hydrogens (tertiary/aromatic N) is 1. The summed E-state index contributed by atoms with van der Waals surface area (Å²) in [5.41, 5.74) is 0.197. The molecule has 0 aliphatic carbocycles. The zero-order valence-corrected chi connectivity index (χ0v) is 11.9. The topological polar surface area (TPSA) is 3.24 Å². The van der Waals surface area contributed by atoms with Gasteiger partial charge in [0.1, 0.15) is 0 Å². The second kappa shape index (κ2) is 4.80. The molecule has 0 N–H and O–H groups in total. The Labute approximate surface area is 114 Å². The summed E-state index contributed by atoms with van der Waals surface area (Å²) in [6.07, 6.45) is -3.28. The lowest BCUT2D eigenvalue weighted by Crippen LogP contribution is -2.20. The number of benzene rings is 1. The maximum Gasteiger partial charge on any atom is 0.416 e. The molecule has 1 unspecified atom stereocenters. The first-order valence-corrected chi connectivity index (χ1v) is 6.84. The average Bonchev–Trinajstić information content (AvgIpc) is 2.63. The monoisotopic (exact) mass is 371 g/mol. The normalized spacial score (nSPS) is 21.0. The molecule has 0 aromatic heterocycles. The molecule has 6 heteroatoms. The summed E-state index contributed by atoms with van der Waals surface area (Å²) in [6, 6.07) is 3.79. The van der Waals surface area contributed by atoms with Crippen molar-refractivity contribution >= 4 is 37.5 Å². The van der Waals surface area contributed by atoms with Crippen LogP contribution in [0.5, 0.6) is 0 Å². The second-order valence-corrected chi connectivity index (χ2v) is 6.15. The van der Waals surface area contributed by atoms with E-state index in [0.717, 1.165) is 37.3 Å². The molecule has 1 saturated heterocycles. The number of hydrogen-bond acceptors (Lipinski definition) is 1. The quantitative estimate of drug-likeness (QED) is 0.658. The Morgan fingerprint density at radius 1 is 1.29 bits per heavy atom. The summed E-state index contributed by atoms with van der Waals surface area (Å²) in [6.45, 7) is 1.68. The van der Waals surface area contributed by atoms with Gasteiger partial charge in [-0.1, -0.05) is 15.9 Å². The fourth-order valence-electron chi connectivity index (χ4n) is 1.88. The van der Waals surface area contributed by atoms with Gasteiger partial charge in [-0.25, -0.2) is 0 Å². The number of hydrogen-bond donors (Lipinski definition) is 0. The molecule has 1 aromatic carbocycles. The fraction of sp³-hybridized carbons (Fsp3) is 0.455. The van der Waals surface area contributed by atoms with Crippen molar-refractivity contribution in [3.05, 3.63) is 28.2 Å². The fourth-order valence-corrected chi connectivity index (χ4v) is 3.06. The third-order valence-electron chi connectivity index (χ3n) is 2.75. The molecule has 94 valence electrons. The molecule has 0 saturated carbocycles. The van der Waals surface area contributed by atoms with Crippen molar-refractivity contribution in [2.45, 2.75) is 17.4 Å². The van der Waals surface area contributed by atoms with Crippen molar-refractivity contribution in [3.8, 4) is 0 Å². The standard InChI is InChI=1S/C11H10Br2F3N/c12-8-3-4-17(6-8)10-2-1-7(5-9(10)13)11(14,15)16/h1-2,5,8H,3-4,6H2. The molecule has 1 aliphatic heterocycles. The maximum absolute atomic E-state index is 12.5. The van der Waals surface area contributed by atoms with Crippen molar-refractivity contribution < 1.29 is 13.2 Å². The summed E-state index contributed by atoms with van der Waals surface area (Å²) in [4.78, 5) is 2.49. The van der Waals surface area contributed by atoms with Crippen LogP contribution in [-0.4, -0.2) is 17.9 Å². The predicted octanol–water partition coefficient (Wildman–Crippen LogP) is 4.44. The van der Waals surface area contributed by atoms with Crippen molar-refractivity contribution in [2.75, 3.05) is 18.0 Å². The van der Waals surface area contributed by atoms with E-state index in [2.05, 4.69) is 36.8 Å². The van der Waals surface area contributed by atoms with Crippen molar-refractivity contribution in [1.29, 1.82) is 0 Å². The van der Waals surface area contributed by atoms with Gasteiger partial charge in [0, 0.05) is 22.4 Å². The van der Waals surface area contributed by atoms with Crippen LogP contribution < -0.4 is 4.90 Å². The van der Waals surface area contributed by atoms with Crippen LogP contribution in [0.25, 0.3) is 0 Å². The number of alkyl halides is 4. The first kappa shape index (κ1) is 13.2. The molecule has 0 radical (unpaired) electrons. The minimum absolute atomic E-state index is 0.414. The van der Waals surface area contributed by atoms with Gasteiger partial charge < -0.3 is 4.90 Å². The lowest BCUT2D eigenvalue weighted by atomic mass is 10.2. The molecular formula is C11H10Br2F3N. The largest absolute Gasteiger partial charge is 0.416 e. The average molecular weight is 373 g/mol. The Hall–Kier alpha value is -0.230. The minimum atomic E-state index is -4.29. The summed E-state index contributed by atoms with van der Waals surface area (Å²) in [5.74, 6) is 0. The van der Waals surface area contributed by atoms with E-state index in [1.807, 2.05) is 0 Å². The van der Waals surface area contributed by atoms with Crippen LogP contribution in [0.3, 0.4) is 0 Å². The molecular weight excluding hydrogens is 363 g/mol. The van der Waals surface area contributed by atoms with Gasteiger partial charge in [0.25, 0.3) is 0 Å². The van der Waals surface area contributed by atoms with Crippen LogP contribution in [0.4, 0.5) is 18.9 Å². The SMILES string of the molecule is FC(F)(F)c1ccc(N2CCC(Br)C2)c(Br)c1. The molecule has 1 atom stereocenters.